The van der Waals surface area contributed by atoms with Gasteiger partial charge in [0.15, 0.2) is 6.61 Å². The van der Waals surface area contributed by atoms with Gasteiger partial charge >= 0.3 is 5.97 Å². The van der Waals surface area contributed by atoms with Crippen LogP contribution in [0.2, 0.25) is 0 Å². The smallest absolute Gasteiger partial charge is 0.338 e. The van der Waals surface area contributed by atoms with Crippen molar-refractivity contribution in [3.8, 4) is 0 Å². The molecule has 1 aliphatic heterocycles. The van der Waals surface area contributed by atoms with Gasteiger partial charge in [-0.15, -0.1) is 0 Å². The zero-order valence-corrected chi connectivity index (χ0v) is 16.8. The second-order valence-corrected chi connectivity index (χ2v) is 7.39. The molecule has 0 fully saturated rings. The van der Waals surface area contributed by atoms with Crippen LogP contribution in [0, 0.1) is 0 Å². The van der Waals surface area contributed by atoms with Crippen LogP contribution in [0.3, 0.4) is 0 Å². The highest BCUT2D eigenvalue weighted by molar-refractivity contribution is 5.97. The summed E-state index contributed by atoms with van der Waals surface area (Å²) in [5, 5.41) is 3.16. The Hall–Kier alpha value is -3.68. The number of carbonyl (C=O) groups excluding carboxylic acids is 2. The van der Waals surface area contributed by atoms with E-state index in [-0.39, 0.29) is 11.1 Å². The number of ether oxygens (including phenoxy) is 1. The third-order valence-corrected chi connectivity index (χ3v) is 5.05. The Labute approximate surface area is 173 Å². The minimum absolute atomic E-state index is 0.0907. The van der Waals surface area contributed by atoms with Gasteiger partial charge in [0.2, 0.25) is 0 Å². The standard InChI is InChI=1S/C22H22N4O4/c1-25(2)16-8-6-15(7-9-16)23-20(27)13-30-22(29)14-5-10-17-18(12-14)24-19-4-3-11-26(19)21(17)28/h5-10,12H,3-4,11,13H2,1-2H3,(H,23,27). The fourth-order valence-electron chi connectivity index (χ4n) is 3.47. The molecule has 0 unspecified atom stereocenters. The van der Waals surface area contributed by atoms with Gasteiger partial charge < -0.3 is 15.0 Å². The number of nitrogens with zero attached hydrogens (tertiary/aromatic N) is 3. The lowest BCUT2D eigenvalue weighted by Gasteiger charge is -2.13. The van der Waals surface area contributed by atoms with Crippen molar-refractivity contribution in [2.75, 3.05) is 30.9 Å². The first kappa shape index (κ1) is 19.6. The molecule has 154 valence electrons. The number of fused-ring (bicyclic) bond motifs is 2. The number of hydrogen-bond donors (Lipinski definition) is 1. The summed E-state index contributed by atoms with van der Waals surface area (Å²) in [7, 11) is 3.86. The van der Waals surface area contributed by atoms with Crippen LogP contribution in [0.1, 0.15) is 22.6 Å². The van der Waals surface area contributed by atoms with Gasteiger partial charge in [-0.05, 0) is 48.9 Å². The molecule has 1 amide bonds. The molecular weight excluding hydrogens is 384 g/mol. The molecule has 2 heterocycles. The molecule has 2 aromatic carbocycles. The van der Waals surface area contributed by atoms with Crippen LogP contribution in [-0.2, 0) is 22.5 Å². The van der Waals surface area contributed by atoms with E-state index < -0.39 is 18.5 Å². The summed E-state index contributed by atoms with van der Waals surface area (Å²) in [6.07, 6.45) is 1.63. The molecule has 0 saturated heterocycles. The van der Waals surface area contributed by atoms with Gasteiger partial charge in [-0.1, -0.05) is 0 Å². The molecule has 30 heavy (non-hydrogen) atoms. The van der Waals surface area contributed by atoms with Crippen molar-refractivity contribution >= 4 is 34.2 Å². The first-order chi connectivity index (χ1) is 14.4. The number of benzene rings is 2. The molecule has 0 radical (unpaired) electrons. The maximum absolute atomic E-state index is 12.5. The molecule has 0 atom stereocenters. The van der Waals surface area contributed by atoms with Crippen molar-refractivity contribution in [3.63, 3.8) is 0 Å². The molecule has 0 aliphatic carbocycles. The number of aryl methyl sites for hydroxylation is 1. The van der Waals surface area contributed by atoms with Gasteiger partial charge in [-0.2, -0.15) is 0 Å². The minimum Gasteiger partial charge on any atom is -0.452 e. The predicted molar refractivity (Wildman–Crippen MR) is 114 cm³/mol. The van der Waals surface area contributed by atoms with Gasteiger partial charge in [0.1, 0.15) is 5.82 Å². The average Bonchev–Trinajstić information content (AvgIpc) is 3.21. The largest absolute Gasteiger partial charge is 0.452 e. The Bertz CT molecular complexity index is 1180. The van der Waals surface area contributed by atoms with Crippen LogP contribution in [0.5, 0.6) is 0 Å². The van der Waals surface area contributed by atoms with Crippen molar-refractivity contribution in [1.82, 2.24) is 9.55 Å². The zero-order valence-electron chi connectivity index (χ0n) is 16.8. The van der Waals surface area contributed by atoms with Crippen molar-refractivity contribution in [3.05, 3.63) is 64.2 Å². The molecular formula is C22H22N4O4. The van der Waals surface area contributed by atoms with Crippen molar-refractivity contribution < 1.29 is 14.3 Å². The third-order valence-electron chi connectivity index (χ3n) is 5.05. The van der Waals surface area contributed by atoms with E-state index in [2.05, 4.69) is 10.3 Å². The van der Waals surface area contributed by atoms with Crippen LogP contribution in [-0.4, -0.2) is 42.1 Å². The molecule has 1 aromatic heterocycles. The topological polar surface area (TPSA) is 93.5 Å². The zero-order chi connectivity index (χ0) is 21.3. The summed E-state index contributed by atoms with van der Waals surface area (Å²) in [4.78, 5) is 43.4. The number of hydrogen-bond acceptors (Lipinski definition) is 6. The van der Waals surface area contributed by atoms with E-state index in [0.717, 1.165) is 24.4 Å². The second kappa shape index (κ2) is 7.98. The molecule has 1 N–H and O–H groups in total. The van der Waals surface area contributed by atoms with E-state index in [4.69, 9.17) is 4.74 Å². The normalized spacial score (nSPS) is 12.5. The number of esters is 1. The van der Waals surface area contributed by atoms with Crippen molar-refractivity contribution in [1.29, 1.82) is 0 Å². The number of rotatable bonds is 5. The lowest BCUT2D eigenvalue weighted by atomic mass is 10.1. The molecule has 3 aromatic rings. The highest BCUT2D eigenvalue weighted by Gasteiger charge is 2.18. The maximum Gasteiger partial charge on any atom is 0.338 e. The van der Waals surface area contributed by atoms with Crippen LogP contribution < -0.4 is 15.8 Å². The first-order valence-electron chi connectivity index (χ1n) is 9.70. The summed E-state index contributed by atoms with van der Waals surface area (Å²) in [5.74, 6) is -0.342. The van der Waals surface area contributed by atoms with Gasteiger partial charge in [0.05, 0.1) is 16.5 Å². The molecule has 8 nitrogen and oxygen atoms in total. The summed E-state index contributed by atoms with van der Waals surface area (Å²) < 4.78 is 6.80. The van der Waals surface area contributed by atoms with E-state index in [1.165, 1.54) is 12.1 Å². The molecule has 0 spiro atoms. The number of aromatic nitrogens is 2. The van der Waals surface area contributed by atoms with Crippen LogP contribution in [0.25, 0.3) is 10.9 Å². The average molecular weight is 406 g/mol. The first-order valence-corrected chi connectivity index (χ1v) is 9.70. The quantitative estimate of drug-likeness (QED) is 0.653. The summed E-state index contributed by atoms with van der Waals surface area (Å²) in [6, 6.07) is 12.0. The number of nitrogens with one attached hydrogen (secondary N) is 1. The Morgan fingerprint density at radius 3 is 2.67 bits per heavy atom. The van der Waals surface area contributed by atoms with E-state index in [1.807, 2.05) is 31.1 Å². The molecule has 1 aliphatic rings. The maximum atomic E-state index is 12.5. The van der Waals surface area contributed by atoms with Crippen molar-refractivity contribution in [2.45, 2.75) is 19.4 Å². The van der Waals surface area contributed by atoms with Gasteiger partial charge in [0, 0.05) is 38.4 Å². The lowest BCUT2D eigenvalue weighted by molar-refractivity contribution is -0.119. The Balaban J connectivity index is 1.41. The monoisotopic (exact) mass is 406 g/mol. The van der Waals surface area contributed by atoms with E-state index in [1.54, 1.807) is 22.8 Å². The Morgan fingerprint density at radius 1 is 1.17 bits per heavy atom. The van der Waals surface area contributed by atoms with E-state index >= 15 is 0 Å². The van der Waals surface area contributed by atoms with Gasteiger partial charge in [-0.25, -0.2) is 9.78 Å². The predicted octanol–water partition coefficient (Wildman–Crippen LogP) is 2.20. The summed E-state index contributed by atoms with van der Waals surface area (Å²) in [6.45, 7) is 0.264. The highest BCUT2D eigenvalue weighted by atomic mass is 16.5. The highest BCUT2D eigenvalue weighted by Crippen LogP contribution is 2.17. The Kier molecular flexibility index (Phi) is 5.22. The molecule has 0 saturated carbocycles. The molecule has 4 rings (SSSR count). The van der Waals surface area contributed by atoms with Crippen LogP contribution in [0.4, 0.5) is 11.4 Å². The van der Waals surface area contributed by atoms with Gasteiger partial charge in [-0.3, -0.25) is 14.2 Å². The summed E-state index contributed by atoms with van der Waals surface area (Å²) in [5.41, 5.74) is 2.25. The minimum atomic E-state index is -0.641. The Morgan fingerprint density at radius 2 is 1.93 bits per heavy atom. The fraction of sp³-hybridized carbons (Fsp3) is 0.273. The van der Waals surface area contributed by atoms with Gasteiger partial charge in [0.25, 0.3) is 11.5 Å². The van der Waals surface area contributed by atoms with Crippen LogP contribution in [0.15, 0.2) is 47.3 Å². The van der Waals surface area contributed by atoms with E-state index in [9.17, 15) is 14.4 Å². The number of amides is 1. The number of carbonyl (C=O) groups is 2. The third kappa shape index (κ3) is 3.89. The SMILES string of the molecule is CN(C)c1ccc(NC(=O)COC(=O)c2ccc3c(=O)n4c(nc3c2)CCC4)cc1. The van der Waals surface area contributed by atoms with Crippen LogP contribution >= 0.6 is 0 Å². The number of anilines is 2. The fourth-order valence-corrected chi connectivity index (χ4v) is 3.47. The molecule has 0 bridgehead atoms. The summed E-state index contributed by atoms with van der Waals surface area (Å²) >= 11 is 0. The van der Waals surface area contributed by atoms with Crippen molar-refractivity contribution in [2.24, 2.45) is 0 Å². The van der Waals surface area contributed by atoms with E-state index in [0.29, 0.717) is 23.1 Å². The lowest BCUT2D eigenvalue weighted by Crippen LogP contribution is -2.22. The second-order valence-electron chi connectivity index (χ2n) is 7.39. The molecule has 8 heteroatoms.